The van der Waals surface area contributed by atoms with E-state index in [-0.39, 0.29) is 11.7 Å². The molecule has 2 unspecified atom stereocenters. The van der Waals surface area contributed by atoms with Gasteiger partial charge in [0.25, 0.3) is 0 Å². The second kappa shape index (κ2) is 3.52. The summed E-state index contributed by atoms with van der Waals surface area (Å²) in [6.45, 7) is 2.14. The number of hydrogen-bond acceptors (Lipinski definition) is 3. The number of rotatable bonds is 2. The molecule has 0 bridgehead atoms. The van der Waals surface area contributed by atoms with Gasteiger partial charge in [0.1, 0.15) is 6.33 Å². The first-order valence-corrected chi connectivity index (χ1v) is 5.08. The zero-order valence-electron chi connectivity index (χ0n) is 8.60. The average Bonchev–Trinajstić information content (AvgIpc) is 2.73. The van der Waals surface area contributed by atoms with Crippen LogP contribution in [-0.2, 0) is 7.05 Å². The molecular formula is C10H15N3O. The van der Waals surface area contributed by atoms with Crippen molar-refractivity contribution < 1.29 is 4.79 Å². The lowest BCUT2D eigenvalue weighted by Gasteiger charge is -2.12. The Bertz CT molecular complexity index is 345. The van der Waals surface area contributed by atoms with Gasteiger partial charge in [-0.05, 0) is 18.8 Å². The van der Waals surface area contributed by atoms with Gasteiger partial charge in [0.05, 0.1) is 0 Å². The highest BCUT2D eigenvalue weighted by molar-refractivity contribution is 5.94. The molecule has 1 aliphatic carbocycles. The average molecular weight is 193 g/mol. The third-order valence-corrected chi connectivity index (χ3v) is 3.13. The summed E-state index contributed by atoms with van der Waals surface area (Å²) in [7, 11) is 1.76. The maximum Gasteiger partial charge on any atom is 0.203 e. The van der Waals surface area contributed by atoms with Crippen molar-refractivity contribution in [3.63, 3.8) is 0 Å². The van der Waals surface area contributed by atoms with Crippen molar-refractivity contribution >= 4 is 5.78 Å². The Morgan fingerprint density at radius 3 is 2.86 bits per heavy atom. The molecule has 0 amide bonds. The topological polar surface area (TPSA) is 47.8 Å². The van der Waals surface area contributed by atoms with Crippen molar-refractivity contribution in [3.8, 4) is 0 Å². The van der Waals surface area contributed by atoms with Crippen molar-refractivity contribution in [2.75, 3.05) is 0 Å². The lowest BCUT2D eigenvalue weighted by atomic mass is 9.93. The van der Waals surface area contributed by atoms with Gasteiger partial charge in [0.2, 0.25) is 5.78 Å². The molecule has 0 aromatic carbocycles. The number of aryl methyl sites for hydroxylation is 1. The minimum absolute atomic E-state index is 0.162. The van der Waals surface area contributed by atoms with E-state index >= 15 is 0 Å². The van der Waals surface area contributed by atoms with Gasteiger partial charge in [-0.3, -0.25) is 4.79 Å². The third kappa shape index (κ3) is 1.45. The molecule has 0 saturated heterocycles. The summed E-state index contributed by atoms with van der Waals surface area (Å²) in [6.07, 6.45) is 4.77. The molecule has 76 valence electrons. The zero-order chi connectivity index (χ0) is 10.1. The van der Waals surface area contributed by atoms with E-state index in [4.69, 9.17) is 0 Å². The van der Waals surface area contributed by atoms with Crippen LogP contribution in [0.2, 0.25) is 0 Å². The van der Waals surface area contributed by atoms with E-state index in [0.717, 1.165) is 19.3 Å². The van der Waals surface area contributed by atoms with Crippen molar-refractivity contribution in [1.82, 2.24) is 14.8 Å². The van der Waals surface area contributed by atoms with Gasteiger partial charge in [-0.15, -0.1) is 0 Å². The summed E-state index contributed by atoms with van der Waals surface area (Å²) < 4.78 is 1.56. The van der Waals surface area contributed by atoms with Crippen LogP contribution < -0.4 is 0 Å². The fourth-order valence-corrected chi connectivity index (χ4v) is 2.22. The van der Waals surface area contributed by atoms with Crippen molar-refractivity contribution in [2.45, 2.75) is 26.2 Å². The highest BCUT2D eigenvalue weighted by atomic mass is 16.1. The van der Waals surface area contributed by atoms with E-state index in [9.17, 15) is 4.79 Å². The Labute approximate surface area is 83.3 Å². The molecule has 0 aliphatic heterocycles. The summed E-state index contributed by atoms with van der Waals surface area (Å²) in [5.74, 6) is 1.33. The molecule has 0 radical (unpaired) electrons. The van der Waals surface area contributed by atoms with Gasteiger partial charge in [-0.1, -0.05) is 13.3 Å². The van der Waals surface area contributed by atoms with E-state index in [1.54, 1.807) is 11.7 Å². The van der Waals surface area contributed by atoms with E-state index < -0.39 is 0 Å². The number of carbonyl (C=O) groups is 1. The largest absolute Gasteiger partial charge is 0.290 e. The number of carbonyl (C=O) groups excluding carboxylic acids is 1. The summed E-state index contributed by atoms with van der Waals surface area (Å²) >= 11 is 0. The van der Waals surface area contributed by atoms with Crippen molar-refractivity contribution in [3.05, 3.63) is 12.2 Å². The number of ketones is 1. The van der Waals surface area contributed by atoms with Gasteiger partial charge < -0.3 is 0 Å². The van der Waals surface area contributed by atoms with Crippen molar-refractivity contribution in [2.24, 2.45) is 18.9 Å². The van der Waals surface area contributed by atoms with Crippen LogP contribution in [0.3, 0.4) is 0 Å². The Kier molecular flexibility index (Phi) is 2.35. The van der Waals surface area contributed by atoms with Crippen molar-refractivity contribution in [1.29, 1.82) is 0 Å². The first kappa shape index (κ1) is 9.37. The molecule has 4 heteroatoms. The van der Waals surface area contributed by atoms with E-state index in [0.29, 0.717) is 11.7 Å². The first-order chi connectivity index (χ1) is 6.70. The zero-order valence-corrected chi connectivity index (χ0v) is 8.60. The smallest absolute Gasteiger partial charge is 0.203 e. The van der Waals surface area contributed by atoms with Crippen LogP contribution in [-0.4, -0.2) is 20.5 Å². The molecule has 2 atom stereocenters. The summed E-state index contributed by atoms with van der Waals surface area (Å²) in [6, 6.07) is 0. The highest BCUT2D eigenvalue weighted by Gasteiger charge is 2.32. The molecule has 0 spiro atoms. The molecule has 0 N–H and O–H groups in total. The van der Waals surface area contributed by atoms with Crippen LogP contribution in [0.1, 0.15) is 36.8 Å². The molecule has 1 saturated carbocycles. The molecule has 14 heavy (non-hydrogen) atoms. The van der Waals surface area contributed by atoms with Crippen LogP contribution >= 0.6 is 0 Å². The van der Waals surface area contributed by atoms with Gasteiger partial charge in [-0.25, -0.2) is 9.67 Å². The maximum absolute atomic E-state index is 12.0. The van der Waals surface area contributed by atoms with Gasteiger partial charge in [0.15, 0.2) is 5.82 Å². The van der Waals surface area contributed by atoms with Crippen LogP contribution in [0.15, 0.2) is 6.33 Å². The van der Waals surface area contributed by atoms with E-state index in [1.807, 2.05) is 0 Å². The lowest BCUT2D eigenvalue weighted by Crippen LogP contribution is -2.20. The summed E-state index contributed by atoms with van der Waals surface area (Å²) in [5.41, 5.74) is 0. The predicted octanol–water partition coefficient (Wildman–Crippen LogP) is 1.43. The third-order valence-electron chi connectivity index (χ3n) is 3.13. The Morgan fingerprint density at radius 1 is 1.57 bits per heavy atom. The normalized spacial score (nSPS) is 26.7. The second-order valence-corrected chi connectivity index (χ2v) is 4.09. The first-order valence-electron chi connectivity index (χ1n) is 5.08. The van der Waals surface area contributed by atoms with Crippen LogP contribution in [0.5, 0.6) is 0 Å². The maximum atomic E-state index is 12.0. The van der Waals surface area contributed by atoms with Crippen LogP contribution in [0.25, 0.3) is 0 Å². The van der Waals surface area contributed by atoms with E-state index in [1.165, 1.54) is 6.33 Å². The summed E-state index contributed by atoms with van der Waals surface area (Å²) in [5, 5.41) is 3.92. The monoisotopic (exact) mass is 193 g/mol. The number of nitrogens with zero attached hydrogens (tertiary/aromatic N) is 3. The molecule has 1 heterocycles. The predicted molar refractivity (Wildman–Crippen MR) is 51.8 cm³/mol. The highest BCUT2D eigenvalue weighted by Crippen LogP contribution is 2.33. The second-order valence-electron chi connectivity index (χ2n) is 4.09. The molecule has 1 aromatic rings. The molecule has 1 fully saturated rings. The Morgan fingerprint density at radius 2 is 2.36 bits per heavy atom. The Hall–Kier alpha value is -1.19. The lowest BCUT2D eigenvalue weighted by molar-refractivity contribution is 0.0881. The van der Waals surface area contributed by atoms with E-state index in [2.05, 4.69) is 17.0 Å². The standard InChI is InChI=1S/C10H15N3O/c1-7-4-3-5-8(7)9(14)10-11-6-12-13(10)2/h6-8H,3-5H2,1-2H3. The molecule has 4 nitrogen and oxygen atoms in total. The van der Waals surface area contributed by atoms with Crippen LogP contribution in [0, 0.1) is 11.8 Å². The number of aromatic nitrogens is 3. The molecule has 2 rings (SSSR count). The fraction of sp³-hybridized carbons (Fsp3) is 0.700. The summed E-state index contributed by atoms with van der Waals surface area (Å²) in [4.78, 5) is 16.0. The molecule has 1 aromatic heterocycles. The minimum atomic E-state index is 0.162. The van der Waals surface area contributed by atoms with Crippen LogP contribution in [0.4, 0.5) is 0 Å². The Balaban J connectivity index is 2.20. The SMILES string of the molecule is CC1CCCC1C(=O)c1ncnn1C. The fourth-order valence-electron chi connectivity index (χ4n) is 2.22. The number of hydrogen-bond donors (Lipinski definition) is 0. The number of Topliss-reactive ketones (excluding diaryl/α,β-unsaturated/α-hetero) is 1. The minimum Gasteiger partial charge on any atom is -0.290 e. The molecular weight excluding hydrogens is 178 g/mol. The van der Waals surface area contributed by atoms with Gasteiger partial charge in [0, 0.05) is 13.0 Å². The van der Waals surface area contributed by atoms with Gasteiger partial charge in [-0.2, -0.15) is 5.10 Å². The molecule has 1 aliphatic rings. The quantitative estimate of drug-likeness (QED) is 0.667. The van der Waals surface area contributed by atoms with Gasteiger partial charge >= 0.3 is 0 Å².